The van der Waals surface area contributed by atoms with Crippen LogP contribution in [0.3, 0.4) is 0 Å². The number of nitrogens with zero attached hydrogens (tertiary/aromatic N) is 1. The number of carboxylic acid groups (broad SMARTS) is 1. The predicted octanol–water partition coefficient (Wildman–Crippen LogP) is 0.614. The number of rotatable bonds is 2. The minimum atomic E-state index is -0.829. The fourth-order valence-corrected chi connectivity index (χ4v) is 1.08. The van der Waals surface area contributed by atoms with Gasteiger partial charge >= 0.3 is 29.0 Å². The van der Waals surface area contributed by atoms with E-state index in [0.29, 0.717) is 5.01 Å². The number of hydrogen-bond acceptors (Lipinski definition) is 3. The normalized spacial score (nSPS) is 8.40. The fourth-order valence-electron chi connectivity index (χ4n) is 0.470. The Morgan fingerprint density at radius 2 is 2.60 bits per heavy atom. The van der Waals surface area contributed by atoms with E-state index in [4.69, 9.17) is 5.11 Å². The molecule has 0 fully saturated rings. The average molecular weight is 169 g/mol. The van der Waals surface area contributed by atoms with Crippen LogP contribution in [0.1, 0.15) is 7.86 Å². The van der Waals surface area contributed by atoms with E-state index in [2.05, 4.69) is 4.98 Å². The molecule has 1 heterocycles. The van der Waals surface area contributed by atoms with Gasteiger partial charge in [0.25, 0.3) is 0 Å². The van der Waals surface area contributed by atoms with Crippen LogP contribution in [-0.4, -0.2) is 39.1 Å². The molecule has 1 aromatic heterocycles. The first-order chi connectivity index (χ1) is 4.29. The zero-order valence-corrected chi connectivity index (χ0v) is 7.51. The molecule has 1 aromatic rings. The summed E-state index contributed by atoms with van der Waals surface area (Å²) in [4.78, 5) is 13.8. The van der Waals surface area contributed by atoms with Crippen molar-refractivity contribution in [3.05, 3.63) is 16.6 Å². The molecule has 0 spiro atoms. The Morgan fingerprint density at radius 3 is 3.00 bits per heavy atom. The van der Waals surface area contributed by atoms with Crippen LogP contribution in [0.5, 0.6) is 0 Å². The topological polar surface area (TPSA) is 50.2 Å². The first-order valence-corrected chi connectivity index (χ1v) is 3.27. The smallest absolute Gasteiger partial charge is 1.00 e. The summed E-state index contributed by atoms with van der Waals surface area (Å²) in [5.41, 5.74) is 0. The van der Waals surface area contributed by atoms with Gasteiger partial charge in [-0.05, 0) is 0 Å². The Bertz CT molecular complexity index is 207. The van der Waals surface area contributed by atoms with Crippen molar-refractivity contribution in [3.8, 4) is 0 Å². The van der Waals surface area contributed by atoms with E-state index in [1.54, 1.807) is 11.6 Å². The van der Waals surface area contributed by atoms with Crippen molar-refractivity contribution in [3.63, 3.8) is 0 Å². The zero-order valence-electron chi connectivity index (χ0n) is 7.28. The molecular formula is C5H7MgNO2S. The number of aliphatic carboxylic acids is 1. The Hall–Kier alpha value is -0.134. The maximum Gasteiger partial charge on any atom is 2.00 e. The van der Waals surface area contributed by atoms with E-state index >= 15 is 0 Å². The molecular weight excluding hydrogens is 162 g/mol. The molecule has 10 heavy (non-hydrogen) atoms. The summed E-state index contributed by atoms with van der Waals surface area (Å²) in [5, 5.41) is 10.7. The quantitative estimate of drug-likeness (QED) is 0.660. The van der Waals surface area contributed by atoms with Crippen LogP contribution in [0.2, 0.25) is 0 Å². The van der Waals surface area contributed by atoms with Crippen LogP contribution >= 0.6 is 11.3 Å². The molecule has 0 saturated heterocycles. The summed E-state index contributed by atoms with van der Waals surface area (Å²) >= 11 is 1.36. The summed E-state index contributed by atoms with van der Waals surface area (Å²) < 4.78 is 0. The van der Waals surface area contributed by atoms with E-state index < -0.39 is 5.97 Å². The summed E-state index contributed by atoms with van der Waals surface area (Å²) in [6, 6.07) is 0. The monoisotopic (exact) mass is 169 g/mol. The molecule has 0 bridgehead atoms. The maximum atomic E-state index is 10.0. The van der Waals surface area contributed by atoms with Crippen molar-refractivity contribution < 1.29 is 12.8 Å². The number of aromatic nitrogens is 1. The van der Waals surface area contributed by atoms with Gasteiger partial charge in [-0.2, -0.15) is 0 Å². The van der Waals surface area contributed by atoms with Gasteiger partial charge in [-0.25, -0.2) is 4.98 Å². The van der Waals surface area contributed by atoms with Crippen molar-refractivity contribution in [1.82, 2.24) is 4.98 Å². The largest absolute Gasteiger partial charge is 2.00 e. The predicted molar refractivity (Wildman–Crippen MR) is 41.4 cm³/mol. The van der Waals surface area contributed by atoms with E-state index in [1.807, 2.05) is 0 Å². The van der Waals surface area contributed by atoms with Crippen molar-refractivity contribution in [2.24, 2.45) is 0 Å². The van der Waals surface area contributed by atoms with Crippen LogP contribution in [0.25, 0.3) is 0 Å². The molecule has 0 amide bonds. The SMILES string of the molecule is O=C(O)Cc1nccs1.[H-].[H-].[Mg+2]. The Kier molecular flexibility index (Phi) is 4.58. The van der Waals surface area contributed by atoms with Crippen LogP contribution in [0.4, 0.5) is 0 Å². The standard InChI is InChI=1S/C5H5NO2S.Mg.2H/c7-5(8)3-4-6-1-2-9-4;;;/h1-2H,3H2,(H,7,8);;;/q;+2;2*-1. The molecule has 0 aromatic carbocycles. The van der Waals surface area contributed by atoms with Gasteiger partial charge in [0.1, 0.15) is 5.01 Å². The van der Waals surface area contributed by atoms with Gasteiger partial charge in [-0.15, -0.1) is 11.3 Å². The Balaban J connectivity index is -0.000000270. The van der Waals surface area contributed by atoms with E-state index in [1.165, 1.54) is 11.3 Å². The average Bonchev–Trinajstić information content (AvgIpc) is 2.15. The van der Waals surface area contributed by atoms with Gasteiger partial charge in [0.15, 0.2) is 0 Å². The number of thiazole rings is 1. The second-order valence-electron chi connectivity index (χ2n) is 1.50. The van der Waals surface area contributed by atoms with Gasteiger partial charge in [-0.3, -0.25) is 4.79 Å². The van der Waals surface area contributed by atoms with Crippen LogP contribution in [0, 0.1) is 0 Å². The molecule has 3 nitrogen and oxygen atoms in total. The zero-order chi connectivity index (χ0) is 6.69. The molecule has 0 radical (unpaired) electrons. The molecule has 0 aliphatic heterocycles. The third-order valence-corrected chi connectivity index (χ3v) is 1.57. The van der Waals surface area contributed by atoms with Crippen molar-refractivity contribution in [2.45, 2.75) is 6.42 Å². The Morgan fingerprint density at radius 1 is 1.90 bits per heavy atom. The maximum absolute atomic E-state index is 10.0. The molecule has 5 heteroatoms. The van der Waals surface area contributed by atoms with Gasteiger partial charge in [0.2, 0.25) is 0 Å². The van der Waals surface area contributed by atoms with Crippen LogP contribution in [-0.2, 0) is 11.2 Å². The van der Waals surface area contributed by atoms with Crippen LogP contribution < -0.4 is 0 Å². The van der Waals surface area contributed by atoms with Gasteiger partial charge in [0, 0.05) is 11.6 Å². The molecule has 52 valence electrons. The minimum Gasteiger partial charge on any atom is -1.00 e. The number of carboxylic acids is 1. The summed E-state index contributed by atoms with van der Waals surface area (Å²) in [7, 11) is 0. The molecule has 1 N–H and O–H groups in total. The van der Waals surface area contributed by atoms with Gasteiger partial charge in [0.05, 0.1) is 6.42 Å². The third-order valence-electron chi connectivity index (χ3n) is 0.786. The summed E-state index contributed by atoms with van der Waals surface area (Å²) in [5.74, 6) is -0.829. The molecule has 0 aliphatic rings. The second-order valence-corrected chi connectivity index (χ2v) is 2.48. The van der Waals surface area contributed by atoms with E-state index in [-0.39, 0.29) is 32.3 Å². The van der Waals surface area contributed by atoms with Crippen molar-refractivity contribution in [2.75, 3.05) is 0 Å². The molecule has 1 rings (SSSR count). The molecule has 0 saturated carbocycles. The number of carbonyl (C=O) groups is 1. The number of hydrogen-bond donors (Lipinski definition) is 1. The van der Waals surface area contributed by atoms with Crippen molar-refractivity contribution in [1.29, 1.82) is 0 Å². The molecule has 0 atom stereocenters. The molecule has 0 aliphatic carbocycles. The summed E-state index contributed by atoms with van der Waals surface area (Å²) in [6.45, 7) is 0. The van der Waals surface area contributed by atoms with E-state index in [0.717, 1.165) is 0 Å². The minimum absolute atomic E-state index is 0. The van der Waals surface area contributed by atoms with Gasteiger partial charge in [-0.1, -0.05) is 0 Å². The Labute approximate surface area is 81.2 Å². The van der Waals surface area contributed by atoms with Gasteiger partial charge < -0.3 is 7.96 Å². The summed E-state index contributed by atoms with van der Waals surface area (Å²) in [6.07, 6.45) is 1.64. The van der Waals surface area contributed by atoms with Crippen molar-refractivity contribution >= 4 is 40.4 Å². The third kappa shape index (κ3) is 3.14. The fraction of sp³-hybridized carbons (Fsp3) is 0.200. The van der Waals surface area contributed by atoms with Crippen LogP contribution in [0.15, 0.2) is 11.6 Å². The first-order valence-electron chi connectivity index (χ1n) is 2.39. The second kappa shape index (κ2) is 4.65. The molecule has 0 unspecified atom stereocenters. The first kappa shape index (κ1) is 9.87. The van der Waals surface area contributed by atoms with E-state index in [9.17, 15) is 4.79 Å².